The van der Waals surface area contributed by atoms with Gasteiger partial charge in [-0.2, -0.15) is 0 Å². The first-order valence-corrected chi connectivity index (χ1v) is 9.68. The maximum atomic E-state index is 13.3. The van der Waals surface area contributed by atoms with E-state index in [4.69, 9.17) is 4.74 Å². The number of hydrogen-bond acceptors (Lipinski definition) is 4. The van der Waals surface area contributed by atoms with E-state index < -0.39 is 5.97 Å². The quantitative estimate of drug-likeness (QED) is 0.592. The number of carbonyl (C=O) groups excluding carboxylic acids is 3. The Labute approximate surface area is 166 Å². The predicted octanol–water partition coefficient (Wildman–Crippen LogP) is 3.65. The molecule has 3 rings (SSSR count). The van der Waals surface area contributed by atoms with Crippen molar-refractivity contribution in [3.8, 4) is 0 Å². The largest absolute Gasteiger partial charge is 0.430 e. The molecule has 2 aliphatic rings. The van der Waals surface area contributed by atoms with Crippen LogP contribution in [0.4, 0.5) is 0 Å². The van der Waals surface area contributed by atoms with Crippen LogP contribution in [0.3, 0.4) is 0 Å². The van der Waals surface area contributed by atoms with Gasteiger partial charge in [0.25, 0.3) is 0 Å². The van der Waals surface area contributed by atoms with Crippen LogP contribution >= 0.6 is 0 Å². The van der Waals surface area contributed by atoms with Gasteiger partial charge in [0.1, 0.15) is 5.76 Å². The fraction of sp³-hybridized carbons (Fsp3) is 0.435. The second kappa shape index (κ2) is 7.74. The van der Waals surface area contributed by atoms with Crippen LogP contribution in [0.15, 0.2) is 29.5 Å². The lowest BCUT2D eigenvalue weighted by atomic mass is 9.91. The number of allylic oxidation sites excluding steroid dienone is 2. The molecule has 0 radical (unpaired) electrons. The number of amides is 1. The van der Waals surface area contributed by atoms with Crippen molar-refractivity contribution in [2.45, 2.75) is 47.5 Å². The first-order chi connectivity index (χ1) is 13.2. The highest BCUT2D eigenvalue weighted by atomic mass is 16.5. The Morgan fingerprint density at radius 2 is 1.79 bits per heavy atom. The monoisotopic (exact) mass is 381 g/mol. The number of hydrogen-bond donors (Lipinski definition) is 0. The summed E-state index contributed by atoms with van der Waals surface area (Å²) in [5, 5.41) is 0. The topological polar surface area (TPSA) is 63.7 Å². The van der Waals surface area contributed by atoms with Crippen LogP contribution in [0.1, 0.15) is 48.9 Å². The van der Waals surface area contributed by atoms with E-state index in [9.17, 15) is 14.4 Å². The summed E-state index contributed by atoms with van der Waals surface area (Å²) in [6.45, 7) is 10.2. The van der Waals surface area contributed by atoms with E-state index in [0.29, 0.717) is 36.4 Å². The lowest BCUT2D eigenvalue weighted by Gasteiger charge is -2.13. The average Bonchev–Trinajstić information content (AvgIpc) is 3.14. The van der Waals surface area contributed by atoms with Crippen molar-refractivity contribution in [1.82, 2.24) is 4.90 Å². The number of carbonyl (C=O) groups is 3. The van der Waals surface area contributed by atoms with Crippen LogP contribution in [-0.2, 0) is 19.1 Å². The molecule has 28 heavy (non-hydrogen) atoms. The molecular weight excluding hydrogens is 354 g/mol. The van der Waals surface area contributed by atoms with E-state index >= 15 is 0 Å². The van der Waals surface area contributed by atoms with Gasteiger partial charge >= 0.3 is 5.97 Å². The summed E-state index contributed by atoms with van der Waals surface area (Å²) >= 11 is 0. The second-order valence-electron chi connectivity index (χ2n) is 7.88. The number of Topliss-reactive ketones (excluding diaryl/α,β-unsaturated/α-hetero) is 1. The fourth-order valence-corrected chi connectivity index (χ4v) is 4.35. The molecular formula is C23H27NO4. The molecule has 5 nitrogen and oxygen atoms in total. The molecule has 0 spiro atoms. The lowest BCUT2D eigenvalue weighted by Crippen LogP contribution is -2.25. The van der Waals surface area contributed by atoms with Gasteiger partial charge in [-0.1, -0.05) is 23.8 Å². The lowest BCUT2D eigenvalue weighted by molar-refractivity contribution is -0.136. The standard InChI is InChI=1S/C23H27NO4/c1-13-8-14(2)21(15(3)9-13)22-20(28-17(5)26)11-19(23(22)27)10-18-6-7-24(12-18)16(4)25/h8-10,18H,6-7,11-12H2,1-5H3/b19-10+. The van der Waals surface area contributed by atoms with Gasteiger partial charge in [-0.25, -0.2) is 0 Å². The highest BCUT2D eigenvalue weighted by Crippen LogP contribution is 2.39. The van der Waals surface area contributed by atoms with E-state index in [1.165, 1.54) is 6.92 Å². The van der Waals surface area contributed by atoms with Gasteiger partial charge in [0, 0.05) is 38.9 Å². The molecule has 1 fully saturated rings. The zero-order valence-corrected chi connectivity index (χ0v) is 17.2. The number of rotatable bonds is 3. The molecule has 1 aromatic carbocycles. The van der Waals surface area contributed by atoms with Gasteiger partial charge in [0.15, 0.2) is 5.78 Å². The van der Waals surface area contributed by atoms with Crippen molar-refractivity contribution in [3.63, 3.8) is 0 Å². The average molecular weight is 381 g/mol. The molecule has 1 aromatic rings. The fourth-order valence-electron chi connectivity index (χ4n) is 4.35. The molecule has 0 bridgehead atoms. The number of likely N-dealkylation sites (tertiary alicyclic amines) is 1. The van der Waals surface area contributed by atoms with Crippen LogP contribution in [0.2, 0.25) is 0 Å². The molecule has 5 heteroatoms. The second-order valence-corrected chi connectivity index (χ2v) is 7.88. The minimum Gasteiger partial charge on any atom is -0.430 e. The summed E-state index contributed by atoms with van der Waals surface area (Å²) < 4.78 is 5.46. The summed E-state index contributed by atoms with van der Waals surface area (Å²) in [6.07, 6.45) is 3.13. The van der Waals surface area contributed by atoms with Gasteiger partial charge in [-0.3, -0.25) is 14.4 Å². The van der Waals surface area contributed by atoms with Crippen molar-refractivity contribution in [2.75, 3.05) is 13.1 Å². The van der Waals surface area contributed by atoms with Crippen LogP contribution in [-0.4, -0.2) is 35.6 Å². The normalized spacial score (nSPS) is 21.0. The van der Waals surface area contributed by atoms with E-state index in [2.05, 4.69) is 0 Å². The third-order valence-corrected chi connectivity index (χ3v) is 5.45. The van der Waals surface area contributed by atoms with E-state index in [1.807, 2.05) is 39.0 Å². The van der Waals surface area contributed by atoms with Gasteiger partial charge in [-0.05, 0) is 49.8 Å². The van der Waals surface area contributed by atoms with Crippen molar-refractivity contribution in [2.24, 2.45) is 5.92 Å². The third kappa shape index (κ3) is 3.93. The van der Waals surface area contributed by atoms with E-state index in [0.717, 1.165) is 28.7 Å². The molecule has 1 aliphatic carbocycles. The minimum absolute atomic E-state index is 0.0592. The first kappa shape index (κ1) is 20.1. The SMILES string of the molecule is CC(=O)OC1=C(c2c(C)cc(C)cc2C)C(=O)/C(=C/C2CCN(C(C)=O)C2)C1. The highest BCUT2D eigenvalue weighted by Gasteiger charge is 2.34. The Bertz CT molecular complexity index is 900. The van der Waals surface area contributed by atoms with Crippen molar-refractivity contribution >= 4 is 23.2 Å². The summed E-state index contributed by atoms with van der Waals surface area (Å²) in [5.41, 5.74) is 5.13. The number of ether oxygens (including phenoxy) is 1. The Balaban J connectivity index is 1.98. The zero-order valence-electron chi connectivity index (χ0n) is 17.2. The van der Waals surface area contributed by atoms with Crippen LogP contribution < -0.4 is 0 Å². The highest BCUT2D eigenvalue weighted by molar-refractivity contribution is 6.32. The van der Waals surface area contributed by atoms with Crippen LogP contribution in [0, 0.1) is 26.7 Å². The molecule has 1 aliphatic heterocycles. The maximum Gasteiger partial charge on any atom is 0.307 e. The summed E-state index contributed by atoms with van der Waals surface area (Å²) in [5.74, 6) is 0.144. The zero-order chi connectivity index (χ0) is 20.6. The molecule has 0 saturated carbocycles. The molecule has 0 N–H and O–H groups in total. The van der Waals surface area contributed by atoms with E-state index in [-0.39, 0.29) is 17.6 Å². The first-order valence-electron chi connectivity index (χ1n) is 9.68. The van der Waals surface area contributed by atoms with Gasteiger partial charge in [0.2, 0.25) is 5.91 Å². The maximum absolute atomic E-state index is 13.3. The summed E-state index contributed by atoms with van der Waals surface area (Å²) in [6, 6.07) is 4.08. The number of esters is 1. The number of benzene rings is 1. The number of nitrogens with zero attached hydrogens (tertiary/aromatic N) is 1. The molecule has 1 amide bonds. The van der Waals surface area contributed by atoms with Gasteiger partial charge in [-0.15, -0.1) is 0 Å². The number of aryl methyl sites for hydroxylation is 3. The van der Waals surface area contributed by atoms with Crippen molar-refractivity contribution < 1.29 is 19.1 Å². The molecule has 1 heterocycles. The van der Waals surface area contributed by atoms with Crippen LogP contribution in [0.25, 0.3) is 5.57 Å². The summed E-state index contributed by atoms with van der Waals surface area (Å²) in [7, 11) is 0. The third-order valence-electron chi connectivity index (χ3n) is 5.45. The van der Waals surface area contributed by atoms with Crippen LogP contribution in [0.5, 0.6) is 0 Å². The Hall–Kier alpha value is -2.69. The Kier molecular flexibility index (Phi) is 5.54. The summed E-state index contributed by atoms with van der Waals surface area (Å²) in [4.78, 5) is 38.3. The van der Waals surface area contributed by atoms with Crippen molar-refractivity contribution in [1.29, 1.82) is 0 Å². The number of ketones is 1. The smallest absolute Gasteiger partial charge is 0.307 e. The Morgan fingerprint density at radius 1 is 1.14 bits per heavy atom. The molecule has 0 aromatic heterocycles. The Morgan fingerprint density at radius 3 is 2.32 bits per heavy atom. The van der Waals surface area contributed by atoms with Gasteiger partial charge in [0.05, 0.1) is 5.57 Å². The van der Waals surface area contributed by atoms with Crippen molar-refractivity contribution in [3.05, 3.63) is 51.8 Å². The molecule has 148 valence electrons. The molecule has 1 unspecified atom stereocenters. The molecule has 1 saturated heterocycles. The van der Waals surface area contributed by atoms with Gasteiger partial charge < -0.3 is 9.64 Å². The predicted molar refractivity (Wildman–Crippen MR) is 107 cm³/mol. The molecule has 1 atom stereocenters. The van der Waals surface area contributed by atoms with E-state index in [1.54, 1.807) is 11.8 Å². The minimum atomic E-state index is -0.424.